The molecule has 0 aliphatic carbocycles. The second-order valence-corrected chi connectivity index (χ2v) is 6.63. The Morgan fingerprint density at radius 1 is 1.21 bits per heavy atom. The zero-order valence-electron chi connectivity index (χ0n) is 13.0. The van der Waals surface area contributed by atoms with Crippen molar-refractivity contribution in [3.63, 3.8) is 0 Å². The number of nitriles is 1. The molecule has 0 saturated carbocycles. The smallest absolute Gasteiger partial charge is 0.262 e. The maximum atomic E-state index is 12.1. The number of amides is 1. The van der Waals surface area contributed by atoms with Crippen molar-refractivity contribution in [2.75, 3.05) is 19.0 Å². The van der Waals surface area contributed by atoms with E-state index >= 15 is 0 Å². The van der Waals surface area contributed by atoms with Gasteiger partial charge in [0.2, 0.25) is 0 Å². The molecule has 0 atom stereocenters. The van der Waals surface area contributed by atoms with Gasteiger partial charge in [-0.1, -0.05) is 0 Å². The molecule has 24 heavy (non-hydrogen) atoms. The van der Waals surface area contributed by atoms with Crippen LogP contribution in [0.25, 0.3) is 0 Å². The van der Waals surface area contributed by atoms with Crippen LogP contribution >= 0.6 is 31.9 Å². The lowest BCUT2D eigenvalue weighted by molar-refractivity contribution is -0.118. The summed E-state index contributed by atoms with van der Waals surface area (Å²) < 4.78 is 12.2. The van der Waals surface area contributed by atoms with Crippen molar-refractivity contribution in [1.82, 2.24) is 0 Å². The highest BCUT2D eigenvalue weighted by molar-refractivity contribution is 9.11. The van der Waals surface area contributed by atoms with Gasteiger partial charge in [-0.2, -0.15) is 5.26 Å². The van der Waals surface area contributed by atoms with Crippen LogP contribution in [0.5, 0.6) is 11.5 Å². The average molecular weight is 454 g/mol. The van der Waals surface area contributed by atoms with Crippen LogP contribution in [0, 0.1) is 18.3 Å². The van der Waals surface area contributed by atoms with Gasteiger partial charge in [-0.25, -0.2) is 0 Å². The van der Waals surface area contributed by atoms with Gasteiger partial charge in [0.1, 0.15) is 0 Å². The molecule has 1 amide bonds. The number of aryl methyl sites for hydroxylation is 1. The molecule has 0 saturated heterocycles. The third-order valence-electron chi connectivity index (χ3n) is 3.10. The van der Waals surface area contributed by atoms with E-state index in [-0.39, 0.29) is 12.5 Å². The van der Waals surface area contributed by atoms with Gasteiger partial charge in [0.25, 0.3) is 5.91 Å². The highest BCUT2D eigenvalue weighted by atomic mass is 79.9. The van der Waals surface area contributed by atoms with E-state index in [4.69, 9.17) is 14.7 Å². The van der Waals surface area contributed by atoms with Crippen molar-refractivity contribution >= 4 is 43.5 Å². The van der Waals surface area contributed by atoms with E-state index in [1.165, 1.54) is 7.11 Å². The highest BCUT2D eigenvalue weighted by Crippen LogP contribution is 2.32. The number of carbonyl (C=O) groups is 1. The summed E-state index contributed by atoms with van der Waals surface area (Å²) in [6.45, 7) is 1.77. The summed E-state index contributed by atoms with van der Waals surface area (Å²) in [7, 11) is 1.48. The lowest BCUT2D eigenvalue weighted by Gasteiger charge is -2.13. The molecule has 5 nitrogen and oxygen atoms in total. The van der Waals surface area contributed by atoms with E-state index in [0.717, 1.165) is 14.5 Å². The van der Waals surface area contributed by atoms with Crippen molar-refractivity contribution in [1.29, 1.82) is 5.26 Å². The molecule has 7 heteroatoms. The summed E-state index contributed by atoms with van der Waals surface area (Å²) in [4.78, 5) is 12.1. The molecular weight excluding hydrogens is 440 g/mol. The molecule has 0 spiro atoms. The highest BCUT2D eigenvalue weighted by Gasteiger charge is 2.12. The van der Waals surface area contributed by atoms with Crippen LogP contribution in [0.2, 0.25) is 0 Å². The predicted molar refractivity (Wildman–Crippen MR) is 98.4 cm³/mol. The minimum absolute atomic E-state index is 0.185. The number of anilines is 1. The molecule has 0 aromatic heterocycles. The first-order chi connectivity index (χ1) is 11.4. The zero-order chi connectivity index (χ0) is 17.7. The first-order valence-electron chi connectivity index (χ1n) is 6.91. The van der Waals surface area contributed by atoms with Gasteiger partial charge in [0.15, 0.2) is 18.1 Å². The van der Waals surface area contributed by atoms with Crippen LogP contribution in [-0.4, -0.2) is 19.6 Å². The van der Waals surface area contributed by atoms with Crippen molar-refractivity contribution in [3.05, 3.63) is 50.4 Å². The fraction of sp³-hybridized carbons (Fsp3) is 0.176. The normalized spacial score (nSPS) is 9.96. The molecule has 2 aromatic carbocycles. The Morgan fingerprint density at radius 2 is 1.88 bits per heavy atom. The van der Waals surface area contributed by atoms with Gasteiger partial charge >= 0.3 is 0 Å². The zero-order valence-corrected chi connectivity index (χ0v) is 16.2. The molecule has 0 bridgehead atoms. The number of benzene rings is 2. The second kappa shape index (κ2) is 8.18. The minimum atomic E-state index is -0.313. The molecule has 0 aliphatic rings. The van der Waals surface area contributed by atoms with E-state index in [0.29, 0.717) is 22.7 Å². The molecule has 1 N–H and O–H groups in total. The third-order valence-corrected chi connectivity index (χ3v) is 4.35. The van der Waals surface area contributed by atoms with Gasteiger partial charge in [0, 0.05) is 15.0 Å². The van der Waals surface area contributed by atoms with Gasteiger partial charge < -0.3 is 14.8 Å². The molecule has 0 unspecified atom stereocenters. The molecule has 0 aliphatic heterocycles. The quantitative estimate of drug-likeness (QED) is 0.727. The summed E-state index contributed by atoms with van der Waals surface area (Å²) in [6.07, 6.45) is 0. The predicted octanol–water partition coefficient (Wildman–Crippen LogP) is 4.42. The molecule has 124 valence electrons. The Labute approximate surface area is 156 Å². The fourth-order valence-electron chi connectivity index (χ4n) is 1.99. The van der Waals surface area contributed by atoms with Gasteiger partial charge in [0.05, 0.1) is 24.4 Å². The molecular formula is C17H14Br2N2O3. The minimum Gasteiger partial charge on any atom is -0.493 e. The number of hydrogen-bond acceptors (Lipinski definition) is 4. The van der Waals surface area contributed by atoms with Crippen molar-refractivity contribution in [2.24, 2.45) is 0 Å². The molecule has 0 fully saturated rings. The van der Waals surface area contributed by atoms with Crippen molar-refractivity contribution < 1.29 is 14.3 Å². The van der Waals surface area contributed by atoms with Crippen molar-refractivity contribution in [3.8, 4) is 17.6 Å². The second-order valence-electron chi connectivity index (χ2n) is 4.92. The Morgan fingerprint density at radius 3 is 2.46 bits per heavy atom. The van der Waals surface area contributed by atoms with Crippen LogP contribution in [0.3, 0.4) is 0 Å². The number of rotatable bonds is 5. The number of nitrogens with zero attached hydrogens (tertiary/aromatic N) is 1. The van der Waals surface area contributed by atoms with Crippen LogP contribution in [0.1, 0.15) is 11.1 Å². The monoisotopic (exact) mass is 452 g/mol. The van der Waals surface area contributed by atoms with Gasteiger partial charge in [-0.15, -0.1) is 0 Å². The van der Waals surface area contributed by atoms with Crippen LogP contribution < -0.4 is 14.8 Å². The molecule has 0 heterocycles. The van der Waals surface area contributed by atoms with E-state index in [2.05, 4.69) is 37.2 Å². The lowest BCUT2D eigenvalue weighted by atomic mass is 10.2. The summed E-state index contributed by atoms with van der Waals surface area (Å²) in [5.41, 5.74) is 2.16. The lowest BCUT2D eigenvalue weighted by Crippen LogP contribution is -2.21. The number of nitrogens with one attached hydrogen (secondary N) is 1. The van der Waals surface area contributed by atoms with E-state index in [1.807, 2.05) is 25.1 Å². The first kappa shape index (κ1) is 18.3. The third kappa shape index (κ3) is 4.49. The number of carbonyl (C=O) groups excluding carboxylic acids is 1. The SMILES string of the molecule is COc1cc(C#N)ccc1OCC(=O)Nc1c(Br)cc(C)cc1Br. The van der Waals surface area contributed by atoms with E-state index in [9.17, 15) is 4.79 Å². The van der Waals surface area contributed by atoms with E-state index < -0.39 is 0 Å². The summed E-state index contributed by atoms with van der Waals surface area (Å²) >= 11 is 6.85. The summed E-state index contributed by atoms with van der Waals surface area (Å²) in [5, 5.41) is 11.7. The number of ether oxygens (including phenoxy) is 2. The van der Waals surface area contributed by atoms with E-state index in [1.54, 1.807) is 18.2 Å². The van der Waals surface area contributed by atoms with Gasteiger partial charge in [-0.05, 0) is 68.6 Å². The average Bonchev–Trinajstić information content (AvgIpc) is 2.56. The van der Waals surface area contributed by atoms with Crippen LogP contribution in [0.4, 0.5) is 5.69 Å². The fourth-order valence-corrected chi connectivity index (χ4v) is 3.61. The van der Waals surface area contributed by atoms with Gasteiger partial charge in [-0.3, -0.25) is 4.79 Å². The Kier molecular flexibility index (Phi) is 6.23. The maximum absolute atomic E-state index is 12.1. The number of methoxy groups -OCH3 is 1. The summed E-state index contributed by atoms with van der Waals surface area (Å²) in [6, 6.07) is 10.6. The molecule has 2 rings (SSSR count). The van der Waals surface area contributed by atoms with Crippen LogP contribution in [0.15, 0.2) is 39.3 Å². The van der Waals surface area contributed by atoms with Crippen molar-refractivity contribution in [2.45, 2.75) is 6.92 Å². The van der Waals surface area contributed by atoms with Crippen LogP contribution in [-0.2, 0) is 4.79 Å². The number of hydrogen-bond donors (Lipinski definition) is 1. The Hall–Kier alpha value is -2.04. The largest absolute Gasteiger partial charge is 0.493 e. The molecule has 0 radical (unpaired) electrons. The Balaban J connectivity index is 2.06. The summed E-state index contributed by atoms with van der Waals surface area (Å²) in [5.74, 6) is 0.486. The molecule has 2 aromatic rings. The first-order valence-corrected chi connectivity index (χ1v) is 8.49. The Bertz CT molecular complexity index is 793. The maximum Gasteiger partial charge on any atom is 0.262 e. The standard InChI is InChI=1S/C17H14Br2N2O3/c1-10-5-12(18)17(13(19)6-10)21-16(22)9-24-14-4-3-11(8-20)7-15(14)23-2/h3-7H,9H2,1-2H3,(H,21,22). The topological polar surface area (TPSA) is 71.3 Å². The number of halogens is 2.